The highest BCUT2D eigenvalue weighted by Crippen LogP contribution is 2.32. The van der Waals surface area contributed by atoms with E-state index in [2.05, 4.69) is 47.5 Å². The van der Waals surface area contributed by atoms with E-state index in [0.717, 1.165) is 31.1 Å². The summed E-state index contributed by atoms with van der Waals surface area (Å²) in [6.45, 7) is 7.04. The van der Waals surface area contributed by atoms with E-state index in [1.807, 2.05) is 12.1 Å². The number of anilines is 1. The van der Waals surface area contributed by atoms with Crippen molar-refractivity contribution in [3.63, 3.8) is 0 Å². The van der Waals surface area contributed by atoms with Crippen molar-refractivity contribution in [2.45, 2.75) is 45.3 Å². The standard InChI is InChI=1S/C22H26N2O2/c1-15-3-6-18(7-4-15)19-9-11-24(12-10-19)14-17-5-8-21-20(13-17)23-22(25)16(2)26-21/h3-8,13,16,19H,9-12,14H2,1-2H3,(H,23,25). The molecule has 4 nitrogen and oxygen atoms in total. The number of carbonyl (C=O) groups excluding carboxylic acids is 1. The molecule has 2 heterocycles. The van der Waals surface area contributed by atoms with E-state index in [9.17, 15) is 4.79 Å². The molecule has 1 saturated heterocycles. The number of nitrogens with one attached hydrogen (secondary N) is 1. The predicted octanol–water partition coefficient (Wildman–Crippen LogP) is 4.09. The molecule has 1 fully saturated rings. The van der Waals surface area contributed by atoms with Gasteiger partial charge in [-0.3, -0.25) is 9.69 Å². The molecule has 1 unspecified atom stereocenters. The molecule has 4 rings (SSSR count). The smallest absolute Gasteiger partial charge is 0.265 e. The van der Waals surface area contributed by atoms with Gasteiger partial charge in [0, 0.05) is 6.54 Å². The van der Waals surface area contributed by atoms with Crippen molar-refractivity contribution >= 4 is 11.6 Å². The number of ether oxygens (including phenoxy) is 1. The van der Waals surface area contributed by atoms with Crippen LogP contribution in [-0.2, 0) is 11.3 Å². The first-order chi connectivity index (χ1) is 12.6. The Bertz CT molecular complexity index is 792. The summed E-state index contributed by atoms with van der Waals surface area (Å²) in [5, 5.41) is 2.94. The Labute approximate surface area is 155 Å². The van der Waals surface area contributed by atoms with Gasteiger partial charge in [-0.2, -0.15) is 0 Å². The van der Waals surface area contributed by atoms with Crippen molar-refractivity contribution in [3.8, 4) is 5.75 Å². The number of aryl methyl sites for hydroxylation is 1. The van der Waals surface area contributed by atoms with Gasteiger partial charge in [-0.1, -0.05) is 35.9 Å². The Morgan fingerprint density at radius 1 is 1.12 bits per heavy atom. The number of hydrogen-bond donors (Lipinski definition) is 1. The number of carbonyl (C=O) groups is 1. The van der Waals surface area contributed by atoms with Crippen LogP contribution in [0, 0.1) is 6.92 Å². The maximum absolute atomic E-state index is 11.8. The molecule has 0 saturated carbocycles. The highest BCUT2D eigenvalue weighted by molar-refractivity contribution is 5.97. The molecule has 26 heavy (non-hydrogen) atoms. The Morgan fingerprint density at radius 3 is 2.58 bits per heavy atom. The van der Waals surface area contributed by atoms with E-state index in [-0.39, 0.29) is 5.91 Å². The zero-order valence-electron chi connectivity index (χ0n) is 15.5. The fourth-order valence-corrected chi connectivity index (χ4v) is 3.88. The van der Waals surface area contributed by atoms with Gasteiger partial charge in [-0.25, -0.2) is 0 Å². The van der Waals surface area contributed by atoms with Crippen LogP contribution in [0.2, 0.25) is 0 Å². The third-order valence-electron chi connectivity index (χ3n) is 5.52. The summed E-state index contributed by atoms with van der Waals surface area (Å²) >= 11 is 0. The fourth-order valence-electron chi connectivity index (χ4n) is 3.88. The van der Waals surface area contributed by atoms with Gasteiger partial charge >= 0.3 is 0 Å². The van der Waals surface area contributed by atoms with Crippen molar-refractivity contribution in [1.82, 2.24) is 4.90 Å². The van der Waals surface area contributed by atoms with Crippen LogP contribution < -0.4 is 10.1 Å². The van der Waals surface area contributed by atoms with E-state index in [1.54, 1.807) is 6.92 Å². The molecule has 2 aromatic carbocycles. The number of benzene rings is 2. The molecule has 2 aromatic rings. The number of hydrogen-bond acceptors (Lipinski definition) is 3. The maximum Gasteiger partial charge on any atom is 0.265 e. The first kappa shape index (κ1) is 17.1. The molecule has 1 N–H and O–H groups in total. The van der Waals surface area contributed by atoms with Crippen LogP contribution in [0.3, 0.4) is 0 Å². The second-order valence-electron chi connectivity index (χ2n) is 7.54. The molecular weight excluding hydrogens is 324 g/mol. The molecule has 0 aromatic heterocycles. The average Bonchev–Trinajstić information content (AvgIpc) is 2.64. The van der Waals surface area contributed by atoms with E-state index in [0.29, 0.717) is 5.92 Å². The fraction of sp³-hybridized carbons (Fsp3) is 0.409. The van der Waals surface area contributed by atoms with Crippen LogP contribution in [-0.4, -0.2) is 30.0 Å². The Balaban J connectivity index is 1.37. The van der Waals surface area contributed by atoms with Crippen molar-refractivity contribution in [1.29, 1.82) is 0 Å². The third kappa shape index (κ3) is 3.61. The van der Waals surface area contributed by atoms with E-state index < -0.39 is 6.10 Å². The van der Waals surface area contributed by atoms with Crippen LogP contribution in [0.5, 0.6) is 5.75 Å². The highest BCUT2D eigenvalue weighted by atomic mass is 16.5. The first-order valence-electron chi connectivity index (χ1n) is 9.48. The van der Waals surface area contributed by atoms with E-state index in [1.165, 1.54) is 29.5 Å². The number of nitrogens with zero attached hydrogens (tertiary/aromatic N) is 1. The van der Waals surface area contributed by atoms with Crippen LogP contribution >= 0.6 is 0 Å². The summed E-state index contributed by atoms with van der Waals surface area (Å²) < 4.78 is 5.63. The Kier molecular flexibility index (Phi) is 4.68. The van der Waals surface area contributed by atoms with Gasteiger partial charge in [-0.15, -0.1) is 0 Å². The molecular formula is C22H26N2O2. The van der Waals surface area contributed by atoms with Gasteiger partial charge < -0.3 is 10.1 Å². The van der Waals surface area contributed by atoms with Gasteiger partial charge in [0.15, 0.2) is 6.10 Å². The zero-order chi connectivity index (χ0) is 18.1. The summed E-state index contributed by atoms with van der Waals surface area (Å²) in [7, 11) is 0. The Morgan fingerprint density at radius 2 is 1.85 bits per heavy atom. The minimum absolute atomic E-state index is 0.0754. The third-order valence-corrected chi connectivity index (χ3v) is 5.52. The largest absolute Gasteiger partial charge is 0.479 e. The lowest BCUT2D eigenvalue weighted by molar-refractivity contribution is -0.122. The van der Waals surface area contributed by atoms with Crippen LogP contribution in [0.25, 0.3) is 0 Å². The molecule has 0 aliphatic carbocycles. The molecule has 1 atom stereocenters. The van der Waals surface area contributed by atoms with Crippen LogP contribution in [0.15, 0.2) is 42.5 Å². The van der Waals surface area contributed by atoms with Gasteiger partial charge in [-0.05, 0) is 69.0 Å². The number of likely N-dealkylation sites (tertiary alicyclic amines) is 1. The first-order valence-corrected chi connectivity index (χ1v) is 9.48. The minimum Gasteiger partial charge on any atom is -0.479 e. The molecule has 1 amide bonds. The SMILES string of the molecule is Cc1ccc(C2CCN(Cc3ccc4c(c3)NC(=O)C(C)O4)CC2)cc1. The summed E-state index contributed by atoms with van der Waals surface area (Å²) in [6.07, 6.45) is 1.98. The zero-order valence-corrected chi connectivity index (χ0v) is 15.5. The number of piperidine rings is 1. The van der Waals surface area contributed by atoms with Gasteiger partial charge in [0.2, 0.25) is 0 Å². The number of fused-ring (bicyclic) bond motifs is 1. The normalized spacial score (nSPS) is 21.0. The topological polar surface area (TPSA) is 41.6 Å². The summed E-state index contributed by atoms with van der Waals surface area (Å²) in [5.41, 5.74) is 4.80. The van der Waals surface area contributed by atoms with Crippen molar-refractivity contribution in [2.75, 3.05) is 18.4 Å². The van der Waals surface area contributed by atoms with Crippen molar-refractivity contribution < 1.29 is 9.53 Å². The van der Waals surface area contributed by atoms with Gasteiger partial charge in [0.1, 0.15) is 5.75 Å². The van der Waals surface area contributed by atoms with E-state index in [4.69, 9.17) is 4.74 Å². The number of amides is 1. The lowest BCUT2D eigenvalue weighted by atomic mass is 9.89. The summed E-state index contributed by atoms with van der Waals surface area (Å²) in [4.78, 5) is 14.3. The summed E-state index contributed by atoms with van der Waals surface area (Å²) in [5.74, 6) is 1.36. The van der Waals surface area contributed by atoms with Gasteiger partial charge in [0.25, 0.3) is 5.91 Å². The molecule has 2 aliphatic rings. The number of rotatable bonds is 3. The second kappa shape index (κ2) is 7.12. The molecule has 0 spiro atoms. The molecule has 136 valence electrons. The molecule has 2 aliphatic heterocycles. The monoisotopic (exact) mass is 350 g/mol. The summed E-state index contributed by atoms with van der Waals surface area (Å²) in [6, 6.07) is 15.1. The van der Waals surface area contributed by atoms with Crippen molar-refractivity contribution in [3.05, 3.63) is 59.2 Å². The minimum atomic E-state index is -0.422. The van der Waals surface area contributed by atoms with Crippen molar-refractivity contribution in [2.24, 2.45) is 0 Å². The molecule has 0 radical (unpaired) electrons. The lowest BCUT2D eigenvalue weighted by Crippen LogP contribution is -2.35. The van der Waals surface area contributed by atoms with Gasteiger partial charge in [0.05, 0.1) is 5.69 Å². The average molecular weight is 350 g/mol. The Hall–Kier alpha value is -2.33. The second-order valence-corrected chi connectivity index (χ2v) is 7.54. The molecule has 0 bridgehead atoms. The van der Waals surface area contributed by atoms with Crippen LogP contribution in [0.1, 0.15) is 42.4 Å². The molecule has 4 heteroatoms. The predicted molar refractivity (Wildman–Crippen MR) is 104 cm³/mol. The maximum atomic E-state index is 11.8. The highest BCUT2D eigenvalue weighted by Gasteiger charge is 2.24. The lowest BCUT2D eigenvalue weighted by Gasteiger charge is -2.32. The van der Waals surface area contributed by atoms with E-state index >= 15 is 0 Å². The quantitative estimate of drug-likeness (QED) is 0.906. The van der Waals surface area contributed by atoms with Crippen LogP contribution in [0.4, 0.5) is 5.69 Å².